The number of hydrogen-bond acceptors (Lipinski definition) is 4. The average Bonchev–Trinajstić information content (AvgIpc) is 2.26. The lowest BCUT2D eigenvalue weighted by Crippen LogP contribution is -2.37. The molecule has 2 atom stereocenters. The van der Waals surface area contributed by atoms with Gasteiger partial charge < -0.3 is 10.8 Å². The van der Waals surface area contributed by atoms with Crippen LogP contribution in [0.2, 0.25) is 0 Å². The molecule has 0 aliphatic rings. The molecule has 0 radical (unpaired) electrons. The number of aliphatic hydroxyl groups excluding tert-OH is 1. The first-order chi connectivity index (χ1) is 7.72. The molecule has 0 bridgehead atoms. The fourth-order valence-electron chi connectivity index (χ4n) is 1.59. The van der Waals surface area contributed by atoms with Gasteiger partial charge in [0.25, 0.3) is 0 Å². The SMILES string of the molecule is CCC(Cl)(C(O)c1ccc(N)cc1)S(C)(=O)=O. The van der Waals surface area contributed by atoms with Crippen molar-refractivity contribution in [2.24, 2.45) is 0 Å². The van der Waals surface area contributed by atoms with E-state index in [1.54, 1.807) is 31.2 Å². The fraction of sp³-hybridized carbons (Fsp3) is 0.455. The molecular formula is C11H16ClNO3S. The molecule has 1 aromatic rings. The molecule has 0 fully saturated rings. The van der Waals surface area contributed by atoms with Crippen LogP contribution in [0.15, 0.2) is 24.3 Å². The number of halogens is 1. The highest BCUT2D eigenvalue weighted by Gasteiger charge is 2.44. The maximum atomic E-state index is 11.6. The van der Waals surface area contributed by atoms with E-state index in [4.69, 9.17) is 17.3 Å². The summed E-state index contributed by atoms with van der Waals surface area (Å²) in [4.78, 5) is 0. The van der Waals surface area contributed by atoms with Crippen LogP contribution in [-0.2, 0) is 9.84 Å². The molecule has 3 N–H and O–H groups in total. The van der Waals surface area contributed by atoms with Gasteiger partial charge in [-0.25, -0.2) is 8.42 Å². The van der Waals surface area contributed by atoms with Crippen LogP contribution in [0.5, 0.6) is 0 Å². The van der Waals surface area contributed by atoms with Gasteiger partial charge in [-0.1, -0.05) is 30.7 Å². The molecule has 0 aliphatic carbocycles. The van der Waals surface area contributed by atoms with E-state index in [9.17, 15) is 13.5 Å². The molecule has 0 amide bonds. The fourth-order valence-corrected chi connectivity index (χ4v) is 2.78. The largest absolute Gasteiger partial charge is 0.399 e. The normalized spacial score (nSPS) is 17.4. The highest BCUT2D eigenvalue weighted by Crippen LogP contribution is 2.39. The van der Waals surface area contributed by atoms with E-state index in [1.165, 1.54) is 0 Å². The Morgan fingerprint density at radius 2 is 1.88 bits per heavy atom. The van der Waals surface area contributed by atoms with Crippen molar-refractivity contribution in [1.82, 2.24) is 0 Å². The van der Waals surface area contributed by atoms with Gasteiger partial charge in [0.05, 0.1) is 0 Å². The maximum Gasteiger partial charge on any atom is 0.174 e. The Morgan fingerprint density at radius 1 is 1.41 bits per heavy atom. The zero-order valence-corrected chi connectivity index (χ0v) is 11.3. The molecule has 0 saturated carbocycles. The molecule has 96 valence electrons. The standard InChI is InChI=1S/C11H16ClNO3S/c1-3-11(12,17(2,15)16)10(14)8-4-6-9(13)7-5-8/h4-7,10,14H,3,13H2,1-2H3. The minimum atomic E-state index is -3.59. The Hall–Kier alpha value is -0.780. The summed E-state index contributed by atoms with van der Waals surface area (Å²) in [6.45, 7) is 1.62. The second-order valence-corrected chi connectivity index (χ2v) is 7.15. The van der Waals surface area contributed by atoms with Crippen molar-refractivity contribution in [3.05, 3.63) is 29.8 Å². The van der Waals surface area contributed by atoms with Crippen LogP contribution in [0.4, 0.5) is 5.69 Å². The zero-order chi connectivity index (χ0) is 13.3. The quantitative estimate of drug-likeness (QED) is 0.648. The predicted octanol–water partition coefficient (Wildman–Crippen LogP) is 1.69. The van der Waals surface area contributed by atoms with Gasteiger partial charge in [0.15, 0.2) is 14.0 Å². The number of nitrogens with two attached hydrogens (primary N) is 1. The second kappa shape index (κ2) is 4.84. The number of aliphatic hydroxyl groups is 1. The summed E-state index contributed by atoms with van der Waals surface area (Å²) in [6, 6.07) is 6.32. The topological polar surface area (TPSA) is 80.4 Å². The Morgan fingerprint density at radius 3 is 2.24 bits per heavy atom. The monoisotopic (exact) mass is 277 g/mol. The van der Waals surface area contributed by atoms with E-state index in [0.29, 0.717) is 11.3 Å². The summed E-state index contributed by atoms with van der Waals surface area (Å²) >= 11 is 6.06. The van der Waals surface area contributed by atoms with Crippen LogP contribution in [-0.4, -0.2) is 24.0 Å². The lowest BCUT2D eigenvalue weighted by molar-refractivity contribution is 0.155. The molecule has 0 aliphatic heterocycles. The summed E-state index contributed by atoms with van der Waals surface area (Å²) in [5.41, 5.74) is 6.49. The van der Waals surface area contributed by atoms with E-state index in [0.717, 1.165) is 6.26 Å². The van der Waals surface area contributed by atoms with Gasteiger partial charge in [0, 0.05) is 11.9 Å². The molecule has 6 heteroatoms. The molecule has 0 saturated heterocycles. The third kappa shape index (κ3) is 2.73. The molecule has 2 unspecified atom stereocenters. The zero-order valence-electron chi connectivity index (χ0n) is 9.72. The van der Waals surface area contributed by atoms with Crippen molar-refractivity contribution >= 4 is 27.1 Å². The summed E-state index contributed by atoms with van der Waals surface area (Å²) in [6.07, 6.45) is -0.159. The molecule has 1 rings (SSSR count). The van der Waals surface area contributed by atoms with Crippen molar-refractivity contribution in [1.29, 1.82) is 0 Å². The van der Waals surface area contributed by atoms with Crippen molar-refractivity contribution in [3.63, 3.8) is 0 Å². The van der Waals surface area contributed by atoms with Crippen molar-refractivity contribution in [3.8, 4) is 0 Å². The average molecular weight is 278 g/mol. The second-order valence-electron chi connectivity index (χ2n) is 3.98. The van der Waals surface area contributed by atoms with Gasteiger partial charge in [-0.2, -0.15) is 0 Å². The van der Waals surface area contributed by atoms with E-state index in [-0.39, 0.29) is 6.42 Å². The number of benzene rings is 1. The molecule has 17 heavy (non-hydrogen) atoms. The van der Waals surface area contributed by atoms with E-state index in [2.05, 4.69) is 0 Å². The number of sulfone groups is 1. The van der Waals surface area contributed by atoms with E-state index >= 15 is 0 Å². The van der Waals surface area contributed by atoms with Crippen LogP contribution >= 0.6 is 11.6 Å². The first kappa shape index (κ1) is 14.3. The van der Waals surface area contributed by atoms with Gasteiger partial charge in [0.1, 0.15) is 6.10 Å². The molecule has 0 heterocycles. The summed E-state index contributed by atoms with van der Waals surface area (Å²) < 4.78 is 21.6. The van der Waals surface area contributed by atoms with Crippen molar-refractivity contribution in [2.45, 2.75) is 23.7 Å². The smallest absolute Gasteiger partial charge is 0.174 e. The highest BCUT2D eigenvalue weighted by atomic mass is 35.5. The number of anilines is 1. The first-order valence-corrected chi connectivity index (χ1v) is 7.41. The Bertz CT molecular complexity index is 486. The summed E-state index contributed by atoms with van der Waals surface area (Å²) in [7, 11) is -3.59. The molecule has 1 aromatic carbocycles. The van der Waals surface area contributed by atoms with Gasteiger partial charge in [-0.3, -0.25) is 0 Å². The van der Waals surface area contributed by atoms with Crippen LogP contribution < -0.4 is 5.73 Å². The maximum absolute atomic E-state index is 11.6. The lowest BCUT2D eigenvalue weighted by atomic mass is 10.0. The van der Waals surface area contributed by atoms with Crippen LogP contribution in [0.3, 0.4) is 0 Å². The number of alkyl halides is 1. The van der Waals surface area contributed by atoms with Crippen LogP contribution in [0.25, 0.3) is 0 Å². The van der Waals surface area contributed by atoms with Crippen LogP contribution in [0.1, 0.15) is 25.0 Å². The van der Waals surface area contributed by atoms with Gasteiger partial charge >= 0.3 is 0 Å². The molecular weight excluding hydrogens is 262 g/mol. The predicted molar refractivity (Wildman–Crippen MR) is 69.5 cm³/mol. The van der Waals surface area contributed by atoms with Gasteiger partial charge in [-0.05, 0) is 24.1 Å². The number of rotatable bonds is 4. The van der Waals surface area contributed by atoms with Crippen LogP contribution in [0, 0.1) is 0 Å². The Kier molecular flexibility index (Phi) is 4.06. The Labute approximate surface area is 106 Å². The van der Waals surface area contributed by atoms with Crippen molar-refractivity contribution in [2.75, 3.05) is 12.0 Å². The van der Waals surface area contributed by atoms with Gasteiger partial charge in [0.2, 0.25) is 0 Å². The summed E-state index contributed by atoms with van der Waals surface area (Å²) in [5.74, 6) is 0. The third-order valence-corrected chi connectivity index (χ3v) is 5.82. The summed E-state index contributed by atoms with van der Waals surface area (Å²) in [5, 5.41) is 10.1. The number of nitrogen functional groups attached to an aromatic ring is 1. The minimum absolute atomic E-state index is 0.110. The molecule has 4 nitrogen and oxygen atoms in total. The van der Waals surface area contributed by atoms with Gasteiger partial charge in [-0.15, -0.1) is 0 Å². The molecule has 0 aromatic heterocycles. The van der Waals surface area contributed by atoms with E-state index in [1.807, 2.05) is 0 Å². The lowest BCUT2D eigenvalue weighted by Gasteiger charge is -2.29. The van der Waals surface area contributed by atoms with Crippen molar-refractivity contribution < 1.29 is 13.5 Å². The molecule has 0 spiro atoms. The third-order valence-electron chi connectivity index (χ3n) is 2.76. The highest BCUT2D eigenvalue weighted by molar-refractivity contribution is 7.93. The minimum Gasteiger partial charge on any atom is -0.399 e. The first-order valence-electron chi connectivity index (χ1n) is 5.14. The number of hydrogen-bond donors (Lipinski definition) is 2. The Balaban J connectivity index is 3.19. The van der Waals surface area contributed by atoms with E-state index < -0.39 is 20.1 Å².